The number of methoxy groups -OCH3 is 1. The number of ether oxygens (including phenoxy) is 2. The average Bonchev–Trinajstić information content (AvgIpc) is 3.26. The quantitative estimate of drug-likeness (QED) is 0.399. The fraction of sp³-hybridized carbons (Fsp3) is 0.600. The predicted octanol–water partition coefficient (Wildman–Crippen LogP) is 5.77. The van der Waals surface area contributed by atoms with E-state index in [9.17, 15) is 13.8 Å². The zero-order chi connectivity index (χ0) is 35.9. The van der Waals surface area contributed by atoms with E-state index in [0.29, 0.717) is 31.1 Å². The maximum Gasteiger partial charge on any atom is 0.263 e. The lowest BCUT2D eigenvalue weighted by molar-refractivity contribution is -0.135. The Labute approximate surface area is 310 Å². The van der Waals surface area contributed by atoms with Gasteiger partial charge in [-0.2, -0.15) is 0 Å². The Kier molecular flexibility index (Phi) is 10.6. The molecule has 2 bridgehead atoms. The fourth-order valence-electron chi connectivity index (χ4n) is 9.14. The second kappa shape index (κ2) is 14.8. The van der Waals surface area contributed by atoms with Gasteiger partial charge in [-0.15, -0.1) is 0 Å². The number of hydrogen-bond donors (Lipinski definition) is 1. The maximum atomic E-state index is 13.6. The molecule has 1 saturated carbocycles. The van der Waals surface area contributed by atoms with Gasteiger partial charge in [0.15, 0.2) is 0 Å². The maximum absolute atomic E-state index is 13.6. The van der Waals surface area contributed by atoms with Crippen molar-refractivity contribution in [2.75, 3.05) is 64.9 Å². The number of benzene rings is 2. The van der Waals surface area contributed by atoms with Crippen molar-refractivity contribution < 1.29 is 23.3 Å². The number of carbonyl (C=O) groups is 2. The van der Waals surface area contributed by atoms with Gasteiger partial charge in [0.1, 0.15) is 16.7 Å². The van der Waals surface area contributed by atoms with Crippen LogP contribution < -0.4 is 14.4 Å². The van der Waals surface area contributed by atoms with E-state index < -0.39 is 16.6 Å². The van der Waals surface area contributed by atoms with Crippen LogP contribution in [0.1, 0.15) is 73.9 Å². The van der Waals surface area contributed by atoms with Crippen LogP contribution in [0, 0.1) is 17.8 Å². The molecule has 2 amide bonds. The van der Waals surface area contributed by atoms with E-state index in [1.165, 1.54) is 11.1 Å². The average molecular weight is 737 g/mol. The molecule has 3 aliphatic heterocycles. The topological polar surface area (TPSA) is 91.4 Å². The van der Waals surface area contributed by atoms with Crippen molar-refractivity contribution in [3.63, 3.8) is 0 Å². The van der Waals surface area contributed by atoms with Crippen molar-refractivity contribution in [1.29, 1.82) is 0 Å². The molecule has 276 valence electrons. The molecule has 1 N–H and O–H groups in total. The number of aryl methyl sites for hydroxylation is 1. The van der Waals surface area contributed by atoms with Gasteiger partial charge < -0.3 is 19.3 Å². The van der Waals surface area contributed by atoms with Crippen LogP contribution in [-0.4, -0.2) is 96.7 Å². The second-order valence-electron chi connectivity index (χ2n) is 15.8. The molecule has 5 aliphatic rings. The molecule has 51 heavy (non-hydrogen) atoms. The first-order valence-electron chi connectivity index (χ1n) is 18.7. The minimum absolute atomic E-state index is 0.0673. The highest BCUT2D eigenvalue weighted by Gasteiger charge is 2.49. The number of rotatable bonds is 4. The molecule has 0 aromatic heterocycles. The number of carbonyl (C=O) groups excluding carboxylic acids is 2. The zero-order valence-corrected chi connectivity index (χ0v) is 32.1. The molecular weight excluding hydrogens is 684 g/mol. The van der Waals surface area contributed by atoms with E-state index in [2.05, 4.69) is 45.7 Å². The summed E-state index contributed by atoms with van der Waals surface area (Å²) in [4.78, 5) is 32.7. The van der Waals surface area contributed by atoms with Gasteiger partial charge in [0.2, 0.25) is 5.91 Å². The molecule has 2 aliphatic carbocycles. The van der Waals surface area contributed by atoms with E-state index in [1.807, 2.05) is 44.2 Å². The second-order valence-corrected chi connectivity index (χ2v) is 17.8. The minimum atomic E-state index is -1.57. The van der Waals surface area contributed by atoms with Crippen molar-refractivity contribution in [3.05, 3.63) is 70.3 Å². The molecule has 0 radical (unpaired) electrons. The lowest BCUT2D eigenvalue weighted by atomic mass is 9.63. The fourth-order valence-corrected chi connectivity index (χ4v) is 10.4. The molecule has 5 unspecified atom stereocenters. The molecule has 9 nitrogen and oxygen atoms in total. The lowest BCUT2D eigenvalue weighted by Crippen LogP contribution is -2.55. The number of nitrogens with zero attached hydrogens (tertiary/aromatic N) is 3. The van der Waals surface area contributed by atoms with Gasteiger partial charge in [-0.25, -0.2) is 4.21 Å². The van der Waals surface area contributed by atoms with Gasteiger partial charge in [-0.1, -0.05) is 36.7 Å². The van der Waals surface area contributed by atoms with Gasteiger partial charge in [0, 0.05) is 62.9 Å². The summed E-state index contributed by atoms with van der Waals surface area (Å²) in [5, 5.41) is 0.504. The van der Waals surface area contributed by atoms with Crippen molar-refractivity contribution >= 4 is 40.1 Å². The lowest BCUT2D eigenvalue weighted by Gasteiger charge is -2.51. The smallest absolute Gasteiger partial charge is 0.263 e. The van der Waals surface area contributed by atoms with E-state index in [-0.39, 0.29) is 34.3 Å². The van der Waals surface area contributed by atoms with E-state index in [1.54, 1.807) is 6.07 Å². The molecule has 7 atom stereocenters. The summed E-state index contributed by atoms with van der Waals surface area (Å²) in [6.07, 6.45) is 11.2. The number of allylic oxidation sites excluding steroid dienone is 1. The van der Waals surface area contributed by atoms with E-state index >= 15 is 0 Å². The molecule has 7 rings (SSSR count). The van der Waals surface area contributed by atoms with Crippen molar-refractivity contribution in [3.8, 4) is 5.75 Å². The van der Waals surface area contributed by atoms with Crippen molar-refractivity contribution in [1.82, 2.24) is 14.5 Å². The third-order valence-electron chi connectivity index (χ3n) is 12.8. The van der Waals surface area contributed by atoms with Crippen LogP contribution in [0.5, 0.6) is 5.75 Å². The van der Waals surface area contributed by atoms with Crippen LogP contribution in [-0.2, 0) is 32.4 Å². The molecule has 1 spiro atoms. The first kappa shape index (κ1) is 36.4. The summed E-state index contributed by atoms with van der Waals surface area (Å²) in [7, 11) is 2.15. The summed E-state index contributed by atoms with van der Waals surface area (Å²) in [6.45, 7) is 8.91. The highest BCUT2D eigenvalue weighted by Crippen LogP contribution is 2.50. The first-order chi connectivity index (χ1) is 24.5. The summed E-state index contributed by atoms with van der Waals surface area (Å²) in [6, 6.07) is 12.0. The highest BCUT2D eigenvalue weighted by molar-refractivity contribution is 7.84. The Bertz CT molecular complexity index is 1700. The first-order valence-corrected chi connectivity index (χ1v) is 20.3. The molecule has 2 fully saturated rings. The van der Waals surface area contributed by atoms with E-state index in [0.717, 1.165) is 87.7 Å². The van der Waals surface area contributed by atoms with Crippen LogP contribution in [0.4, 0.5) is 5.69 Å². The minimum Gasteiger partial charge on any atom is -0.490 e. The Hall–Kier alpha value is -2.92. The number of likely N-dealkylation sites (N-methyl/N-ethyl adjacent to an activating group) is 1. The van der Waals surface area contributed by atoms with Crippen molar-refractivity contribution in [2.24, 2.45) is 17.8 Å². The van der Waals surface area contributed by atoms with Crippen LogP contribution in [0.25, 0.3) is 0 Å². The summed E-state index contributed by atoms with van der Waals surface area (Å²) in [5.41, 5.74) is 3.22. The number of nitrogens with one attached hydrogen (secondary N) is 1. The monoisotopic (exact) mass is 736 g/mol. The Balaban J connectivity index is 1.27. The number of fused-ring (bicyclic) bond motifs is 4. The molecule has 2 aromatic rings. The number of piperazine rings is 1. The normalized spacial score (nSPS) is 33.7. The highest BCUT2D eigenvalue weighted by atomic mass is 35.5. The number of halogens is 1. The summed E-state index contributed by atoms with van der Waals surface area (Å²) in [5.74, 6) is 1.27. The van der Waals surface area contributed by atoms with Crippen LogP contribution >= 0.6 is 11.6 Å². The van der Waals surface area contributed by atoms with Crippen molar-refractivity contribution in [2.45, 2.75) is 75.1 Å². The Morgan fingerprint density at radius 1 is 1.12 bits per heavy atom. The molecule has 11 heteroatoms. The SMILES string of the molecule is CO[C@]1(CCN2CCN(C)C(=O)C2)/C=C/CC(C)C(C)S(=O)NC(=O)c2ccc3c(c2)N(CC2CCC21)C[C@@]1(CCCc2cc(Cl)ccc21)CO3. The number of amides is 2. The molecule has 1 saturated heterocycles. The third kappa shape index (κ3) is 7.22. The molecular formula is C40H53ClN4O5S. The predicted molar refractivity (Wildman–Crippen MR) is 203 cm³/mol. The van der Waals surface area contributed by atoms with Gasteiger partial charge in [-0.05, 0) is 111 Å². The number of anilines is 1. The zero-order valence-electron chi connectivity index (χ0n) is 30.5. The standard InChI is InChI=1S/C40H53ClN4O5S/c1-27-7-5-16-40(49-4,17-18-44-20-19-43(3)37(46)24-44)34-12-9-31(34)23-45-25-39(15-6-8-29-21-32(41)11-13-33(29)39)26-50-36-14-10-30(22-35(36)45)38(47)42-51(48)28(27)2/h5,10-11,13-14,16,21-22,27-28,31,34H,6-9,12,15,17-20,23-26H2,1-4H3,(H,42,47)/b16-5+/t27?,28?,31?,34?,39-,40-,51?/m0/s1. The van der Waals surface area contributed by atoms with Gasteiger partial charge in [0.25, 0.3) is 5.91 Å². The van der Waals surface area contributed by atoms with Crippen LogP contribution in [0.3, 0.4) is 0 Å². The van der Waals surface area contributed by atoms with Gasteiger partial charge in [-0.3, -0.25) is 19.2 Å². The van der Waals surface area contributed by atoms with Crippen LogP contribution in [0.2, 0.25) is 5.02 Å². The molecule has 3 heterocycles. The van der Waals surface area contributed by atoms with Gasteiger partial charge >= 0.3 is 0 Å². The Morgan fingerprint density at radius 3 is 2.73 bits per heavy atom. The molecule has 2 aromatic carbocycles. The Morgan fingerprint density at radius 2 is 1.96 bits per heavy atom. The third-order valence-corrected chi connectivity index (χ3v) is 14.5. The van der Waals surface area contributed by atoms with Crippen LogP contribution in [0.15, 0.2) is 48.6 Å². The van der Waals surface area contributed by atoms with E-state index in [4.69, 9.17) is 21.1 Å². The van der Waals surface area contributed by atoms with Gasteiger partial charge in [0.05, 0.1) is 29.7 Å². The summed E-state index contributed by atoms with van der Waals surface area (Å²) >= 11 is 6.49. The summed E-state index contributed by atoms with van der Waals surface area (Å²) < 4.78 is 29.6. The number of hydrogen-bond acceptors (Lipinski definition) is 7. The largest absolute Gasteiger partial charge is 0.490 e.